The second-order valence-electron chi connectivity index (χ2n) is 8.97. The van der Waals surface area contributed by atoms with E-state index in [1.54, 1.807) is 25.4 Å². The van der Waals surface area contributed by atoms with Gasteiger partial charge in [-0.15, -0.1) is 0 Å². The third kappa shape index (κ3) is 4.39. The highest BCUT2D eigenvalue weighted by Crippen LogP contribution is 2.42. The van der Waals surface area contributed by atoms with E-state index in [-0.39, 0.29) is 18.1 Å². The van der Waals surface area contributed by atoms with Crippen LogP contribution < -0.4 is 10.6 Å². The Morgan fingerprint density at radius 3 is 2.61 bits per heavy atom. The zero-order valence-corrected chi connectivity index (χ0v) is 18.7. The van der Waals surface area contributed by atoms with Crippen molar-refractivity contribution in [3.8, 4) is 11.3 Å². The van der Waals surface area contributed by atoms with E-state index < -0.39 is 11.7 Å². The van der Waals surface area contributed by atoms with Crippen LogP contribution in [0, 0.1) is 0 Å². The van der Waals surface area contributed by atoms with E-state index in [1.165, 1.54) is 6.92 Å². The number of carbonyl (C=O) groups is 1. The predicted octanol–water partition coefficient (Wildman–Crippen LogP) is 4.49. The molecule has 174 valence electrons. The largest absolute Gasteiger partial charge is 0.381 e. The number of pyridine rings is 1. The standard InChI is InChI=1S/C23H26F2N6O2/c1-12(32)27-20-8-16-17(11-31(14-4-5-14)19(16)10-26-20)18-9-21(28-13-6-15(7-13)33-3)30-22(29-18)23(2,24)25/h8-11,13-15H,4-7H2,1-3H3,(H,26,27,32)(H,28,29,30). The maximum atomic E-state index is 14.3. The molecule has 0 radical (unpaired) electrons. The van der Waals surface area contributed by atoms with Gasteiger partial charge in [0.15, 0.2) is 0 Å². The van der Waals surface area contributed by atoms with Crippen molar-refractivity contribution in [3.63, 3.8) is 0 Å². The number of methoxy groups -OCH3 is 1. The number of nitrogens with zero attached hydrogens (tertiary/aromatic N) is 4. The Balaban J connectivity index is 1.60. The fraction of sp³-hybridized carbons (Fsp3) is 0.478. The van der Waals surface area contributed by atoms with Gasteiger partial charge >= 0.3 is 5.92 Å². The third-order valence-corrected chi connectivity index (χ3v) is 6.14. The minimum Gasteiger partial charge on any atom is -0.381 e. The molecule has 5 rings (SSSR count). The van der Waals surface area contributed by atoms with Crippen molar-refractivity contribution < 1.29 is 18.3 Å². The summed E-state index contributed by atoms with van der Waals surface area (Å²) in [6, 6.07) is 3.93. The first-order chi connectivity index (χ1) is 15.7. The molecule has 3 heterocycles. The number of aromatic nitrogens is 4. The van der Waals surface area contributed by atoms with Gasteiger partial charge in [0, 0.05) is 56.3 Å². The number of alkyl halides is 2. The fourth-order valence-electron chi connectivity index (χ4n) is 4.20. The van der Waals surface area contributed by atoms with Gasteiger partial charge in [-0.3, -0.25) is 4.79 Å². The molecule has 2 saturated carbocycles. The number of hydrogen-bond donors (Lipinski definition) is 2. The molecule has 2 N–H and O–H groups in total. The van der Waals surface area contributed by atoms with Gasteiger partial charge in [-0.25, -0.2) is 15.0 Å². The van der Waals surface area contributed by atoms with Crippen molar-refractivity contribution in [2.24, 2.45) is 0 Å². The molecular formula is C23H26F2N6O2. The molecule has 33 heavy (non-hydrogen) atoms. The Kier molecular flexibility index (Phi) is 5.27. The lowest BCUT2D eigenvalue weighted by Crippen LogP contribution is -2.40. The van der Waals surface area contributed by atoms with Gasteiger partial charge in [0.05, 0.1) is 23.5 Å². The van der Waals surface area contributed by atoms with Crippen LogP contribution in [0.15, 0.2) is 24.5 Å². The van der Waals surface area contributed by atoms with Crippen LogP contribution in [0.4, 0.5) is 20.4 Å². The van der Waals surface area contributed by atoms with Gasteiger partial charge in [0.2, 0.25) is 11.7 Å². The summed E-state index contributed by atoms with van der Waals surface area (Å²) in [7, 11) is 1.67. The van der Waals surface area contributed by atoms with E-state index in [2.05, 4.69) is 30.2 Å². The van der Waals surface area contributed by atoms with Gasteiger partial charge in [0.25, 0.3) is 0 Å². The van der Waals surface area contributed by atoms with Crippen LogP contribution in [0.2, 0.25) is 0 Å². The van der Waals surface area contributed by atoms with E-state index in [1.807, 2.05) is 6.20 Å². The number of ether oxygens (including phenoxy) is 1. The van der Waals surface area contributed by atoms with Crippen molar-refractivity contribution in [1.82, 2.24) is 19.5 Å². The SMILES string of the molecule is COC1CC(Nc2cc(-c3cn(C4CC4)c4cnc(NC(C)=O)cc34)nc(C(C)(F)F)n2)C1. The summed E-state index contributed by atoms with van der Waals surface area (Å²) in [6.45, 7) is 2.21. The number of fused-ring (bicyclic) bond motifs is 1. The predicted molar refractivity (Wildman–Crippen MR) is 120 cm³/mol. The van der Waals surface area contributed by atoms with Crippen LogP contribution in [0.1, 0.15) is 51.4 Å². The van der Waals surface area contributed by atoms with E-state index >= 15 is 0 Å². The number of nitrogens with one attached hydrogen (secondary N) is 2. The lowest BCUT2D eigenvalue weighted by molar-refractivity contribution is -0.114. The molecule has 3 aromatic rings. The lowest BCUT2D eigenvalue weighted by atomic mass is 9.89. The number of hydrogen-bond acceptors (Lipinski definition) is 6. The average Bonchev–Trinajstić information content (AvgIpc) is 3.49. The van der Waals surface area contributed by atoms with Crippen LogP contribution in [0.5, 0.6) is 0 Å². The highest BCUT2D eigenvalue weighted by Gasteiger charge is 2.33. The normalized spacial score (nSPS) is 20.5. The summed E-state index contributed by atoms with van der Waals surface area (Å²) in [5.41, 5.74) is 1.97. The van der Waals surface area contributed by atoms with Gasteiger partial charge < -0.3 is 19.9 Å². The molecule has 0 bridgehead atoms. The summed E-state index contributed by atoms with van der Waals surface area (Å²) in [5, 5.41) is 6.73. The molecule has 2 fully saturated rings. The maximum absolute atomic E-state index is 14.3. The van der Waals surface area contributed by atoms with E-state index in [9.17, 15) is 13.6 Å². The smallest absolute Gasteiger partial charge is 0.303 e. The number of anilines is 2. The average molecular weight is 456 g/mol. The van der Waals surface area contributed by atoms with E-state index in [4.69, 9.17) is 4.74 Å². The lowest BCUT2D eigenvalue weighted by Gasteiger charge is -2.35. The number of halogens is 2. The second-order valence-corrected chi connectivity index (χ2v) is 8.97. The minimum absolute atomic E-state index is 0.111. The highest BCUT2D eigenvalue weighted by molar-refractivity contribution is 5.98. The van der Waals surface area contributed by atoms with Crippen molar-refractivity contribution in [2.75, 3.05) is 17.7 Å². The molecule has 0 aromatic carbocycles. The van der Waals surface area contributed by atoms with Crippen LogP contribution in [0.3, 0.4) is 0 Å². The summed E-state index contributed by atoms with van der Waals surface area (Å²) in [4.78, 5) is 24.2. The molecule has 3 aromatic heterocycles. The van der Waals surface area contributed by atoms with Crippen molar-refractivity contribution in [1.29, 1.82) is 0 Å². The Hall–Kier alpha value is -3.14. The molecule has 0 saturated heterocycles. The quantitative estimate of drug-likeness (QED) is 0.544. The monoisotopic (exact) mass is 456 g/mol. The molecule has 0 spiro atoms. The van der Waals surface area contributed by atoms with Crippen molar-refractivity contribution in [3.05, 3.63) is 30.4 Å². The molecule has 0 unspecified atom stereocenters. The molecule has 1 amide bonds. The van der Waals surface area contributed by atoms with Gasteiger partial charge in [-0.05, 0) is 31.7 Å². The van der Waals surface area contributed by atoms with Crippen molar-refractivity contribution >= 4 is 28.4 Å². The third-order valence-electron chi connectivity index (χ3n) is 6.14. The fourth-order valence-corrected chi connectivity index (χ4v) is 4.20. The molecule has 0 aliphatic heterocycles. The highest BCUT2D eigenvalue weighted by atomic mass is 19.3. The number of amides is 1. The summed E-state index contributed by atoms with van der Waals surface area (Å²) < 4.78 is 36.0. The topological polar surface area (TPSA) is 94.0 Å². The first-order valence-electron chi connectivity index (χ1n) is 11.1. The Bertz CT molecular complexity index is 1210. The molecular weight excluding hydrogens is 430 g/mol. The van der Waals surface area contributed by atoms with E-state index in [0.717, 1.165) is 43.5 Å². The molecule has 2 aliphatic rings. The van der Waals surface area contributed by atoms with Gasteiger partial charge in [-0.2, -0.15) is 8.78 Å². The van der Waals surface area contributed by atoms with Crippen LogP contribution >= 0.6 is 0 Å². The van der Waals surface area contributed by atoms with Crippen LogP contribution in [0.25, 0.3) is 22.2 Å². The summed E-state index contributed by atoms with van der Waals surface area (Å²) in [5.74, 6) is -3.20. The Morgan fingerprint density at radius 1 is 1.21 bits per heavy atom. The van der Waals surface area contributed by atoms with Crippen molar-refractivity contribution in [2.45, 2.75) is 63.6 Å². The van der Waals surface area contributed by atoms with Crippen LogP contribution in [-0.4, -0.2) is 44.7 Å². The maximum Gasteiger partial charge on any atom is 0.303 e. The van der Waals surface area contributed by atoms with Gasteiger partial charge in [-0.1, -0.05) is 0 Å². The summed E-state index contributed by atoms with van der Waals surface area (Å²) >= 11 is 0. The Morgan fingerprint density at radius 2 is 1.97 bits per heavy atom. The zero-order chi connectivity index (χ0) is 23.3. The first-order valence-corrected chi connectivity index (χ1v) is 11.1. The Labute approximate surface area is 189 Å². The van der Waals surface area contributed by atoms with E-state index in [0.29, 0.717) is 28.9 Å². The number of carbonyl (C=O) groups excluding carboxylic acids is 1. The van der Waals surface area contributed by atoms with Crippen LogP contribution in [-0.2, 0) is 15.5 Å². The second kappa shape index (κ2) is 8.02. The zero-order valence-electron chi connectivity index (χ0n) is 18.7. The minimum atomic E-state index is -3.20. The number of rotatable bonds is 7. The molecule has 0 atom stereocenters. The molecule has 10 heteroatoms. The van der Waals surface area contributed by atoms with Gasteiger partial charge in [0.1, 0.15) is 11.6 Å². The summed E-state index contributed by atoms with van der Waals surface area (Å²) in [6.07, 6.45) is 7.50. The molecule has 8 nitrogen and oxygen atoms in total. The first kappa shape index (κ1) is 21.7. The molecule has 2 aliphatic carbocycles.